The van der Waals surface area contributed by atoms with Crippen LogP contribution in [0.25, 0.3) is 0 Å². The molecule has 1 heteroatoms. The minimum Gasteiger partial charge on any atom is -0.328 e. The van der Waals surface area contributed by atoms with E-state index in [0.717, 1.165) is 0 Å². The Kier molecular flexibility index (Phi) is 32.4. The quantitative estimate of drug-likeness (QED) is 0.0550. The van der Waals surface area contributed by atoms with Gasteiger partial charge in [-0.3, -0.25) is 0 Å². The van der Waals surface area contributed by atoms with Gasteiger partial charge in [0.25, 0.3) is 0 Å². The summed E-state index contributed by atoms with van der Waals surface area (Å²) in [7, 11) is 4.94. The van der Waals surface area contributed by atoms with Crippen molar-refractivity contribution < 1.29 is 5.91 Å². The molecule has 1 nitrogen and oxygen atoms in total. The third-order valence-electron chi connectivity index (χ3n) is 9.23. The minimum atomic E-state index is 0. The Morgan fingerprint density at radius 1 is 0.256 bits per heavy atom. The fraction of sp³-hybridized carbons (Fsp3) is 1.00. The highest BCUT2D eigenvalue weighted by Crippen LogP contribution is 2.16. The van der Waals surface area contributed by atoms with Crippen LogP contribution in [0.2, 0.25) is 0 Å². The average molecular weight is 553 g/mol. The van der Waals surface area contributed by atoms with Gasteiger partial charge in [0.15, 0.2) is 0 Å². The van der Waals surface area contributed by atoms with Gasteiger partial charge in [-0.05, 0) is 25.7 Å². The molecule has 0 aliphatic rings. The third kappa shape index (κ3) is 34.1. The largest absolute Gasteiger partial charge is 0.328 e. The van der Waals surface area contributed by atoms with Crippen LogP contribution in [0.3, 0.4) is 0 Å². The predicted octanol–water partition coefficient (Wildman–Crippen LogP) is 13.8. The maximum atomic E-state index is 2.47. The topological polar surface area (TPSA) is 0 Å². The zero-order valence-electron chi connectivity index (χ0n) is 28.5. The van der Waals surface area contributed by atoms with E-state index in [4.69, 9.17) is 0 Å². The molecule has 0 spiro atoms. The van der Waals surface area contributed by atoms with Crippen LogP contribution in [-0.4, -0.2) is 31.7 Å². The zero-order chi connectivity index (χ0) is 28.5. The molecule has 0 aromatic heterocycles. The molecule has 0 aromatic rings. The number of hydrogen-bond acceptors (Lipinski definition) is 0. The Morgan fingerprint density at radius 2 is 0.410 bits per heavy atom. The molecule has 0 aliphatic heterocycles. The van der Waals surface area contributed by atoms with E-state index in [1.165, 1.54) is 223 Å². The average Bonchev–Trinajstić information content (AvgIpc) is 2.92. The second kappa shape index (κ2) is 32.5. The highest BCUT2D eigenvalue weighted by atomic mass is 15.3. The maximum absolute atomic E-state index is 2.47. The highest BCUT2D eigenvalue weighted by Gasteiger charge is 2.13. The van der Waals surface area contributed by atoms with E-state index in [2.05, 4.69) is 27.9 Å². The van der Waals surface area contributed by atoms with Crippen molar-refractivity contribution in [3.63, 3.8) is 0 Å². The lowest BCUT2D eigenvalue weighted by molar-refractivity contribution is -0.890. The van der Waals surface area contributed by atoms with Crippen molar-refractivity contribution >= 4 is 0 Å². The third-order valence-corrected chi connectivity index (χ3v) is 9.23. The molecule has 0 rings (SSSR count). The monoisotopic (exact) mass is 553 g/mol. The highest BCUT2D eigenvalue weighted by molar-refractivity contribution is 4.52. The van der Waals surface area contributed by atoms with Gasteiger partial charge in [0.1, 0.15) is 0 Å². The molecule has 0 aromatic carbocycles. The summed E-state index contributed by atoms with van der Waals surface area (Å²) in [4.78, 5) is 0. The van der Waals surface area contributed by atoms with Gasteiger partial charge in [0.05, 0.1) is 27.2 Å². The molecular formula is C38H82N+. The first-order chi connectivity index (χ1) is 19.1. The Balaban J connectivity index is 0. The molecule has 0 unspecified atom stereocenters. The van der Waals surface area contributed by atoms with E-state index >= 15 is 0 Å². The Morgan fingerprint density at radius 3 is 0.590 bits per heavy atom. The number of unbranched alkanes of at least 4 members (excludes halogenated alkanes) is 30. The van der Waals surface area contributed by atoms with Crippen molar-refractivity contribution in [1.29, 1.82) is 0 Å². The summed E-state index contributed by atoms with van der Waals surface area (Å²) >= 11 is 0. The van der Waals surface area contributed by atoms with Crippen molar-refractivity contribution in [1.82, 2.24) is 0 Å². The van der Waals surface area contributed by atoms with Gasteiger partial charge in [-0.25, -0.2) is 0 Å². The van der Waals surface area contributed by atoms with E-state index in [1.807, 2.05) is 0 Å². The van der Waals surface area contributed by atoms with Crippen LogP contribution >= 0.6 is 0 Å². The zero-order valence-corrected chi connectivity index (χ0v) is 28.5. The van der Waals surface area contributed by atoms with Gasteiger partial charge in [-0.2, -0.15) is 0 Å². The molecule has 0 saturated heterocycles. The molecule has 0 fully saturated rings. The van der Waals surface area contributed by atoms with Crippen LogP contribution in [0, 0.1) is 0 Å². The normalized spacial score (nSPS) is 12.0. The molecule has 0 saturated carbocycles. The molecule has 0 bridgehead atoms. The summed E-state index contributed by atoms with van der Waals surface area (Å²) in [5.41, 5.74) is 0. The van der Waals surface area contributed by atoms with Gasteiger partial charge in [0, 0.05) is 1.43 Å². The van der Waals surface area contributed by atoms with Crippen LogP contribution in [0.1, 0.15) is 221 Å². The van der Waals surface area contributed by atoms with E-state index in [-0.39, 0.29) is 1.43 Å². The smallest absolute Gasteiger partial charge is 0.0782 e. The number of nitrogens with zero attached hydrogens (tertiary/aromatic N) is 1. The fourth-order valence-electron chi connectivity index (χ4n) is 6.29. The first-order valence-electron chi connectivity index (χ1n) is 18.9. The fourth-order valence-corrected chi connectivity index (χ4v) is 6.29. The van der Waals surface area contributed by atoms with Crippen molar-refractivity contribution in [2.75, 3.05) is 27.2 Å². The second-order valence-corrected chi connectivity index (χ2v) is 14.0. The molecule has 0 radical (unpaired) electrons. The van der Waals surface area contributed by atoms with Gasteiger partial charge in [-0.1, -0.05) is 194 Å². The van der Waals surface area contributed by atoms with Gasteiger partial charge in [-0.15, -0.1) is 0 Å². The second-order valence-electron chi connectivity index (χ2n) is 14.0. The lowest BCUT2D eigenvalue weighted by atomic mass is 10.0. The number of quaternary nitrogens is 1. The van der Waals surface area contributed by atoms with Crippen LogP contribution in [-0.2, 0) is 0 Å². The molecule has 0 atom stereocenters. The van der Waals surface area contributed by atoms with Gasteiger partial charge >= 0.3 is 0 Å². The van der Waals surface area contributed by atoms with Crippen LogP contribution in [0.15, 0.2) is 0 Å². The molecule has 0 amide bonds. The number of hydrogen-bond donors (Lipinski definition) is 0. The molecule has 0 N–H and O–H groups in total. The van der Waals surface area contributed by atoms with Crippen molar-refractivity contribution in [3.05, 3.63) is 0 Å². The van der Waals surface area contributed by atoms with E-state index in [1.54, 1.807) is 0 Å². The number of rotatable bonds is 34. The van der Waals surface area contributed by atoms with Crippen LogP contribution in [0.5, 0.6) is 0 Å². The summed E-state index contributed by atoms with van der Waals surface area (Å²) in [6.07, 6.45) is 46.9. The van der Waals surface area contributed by atoms with Crippen LogP contribution < -0.4 is 0 Å². The SMILES string of the molecule is CCCCCCCCCCCCCCCCCC[N+](C)(C)CCCCCCCCCCCCCCCCCC.[HH]. The first kappa shape index (κ1) is 39.0. The Labute approximate surface area is 252 Å². The Bertz CT molecular complexity index is 397. The molecule has 0 heterocycles. The molecular weight excluding hydrogens is 470 g/mol. The standard InChI is InChI=1S/C38H80N.H2/c1-5-7-9-11-13-15-17-19-21-23-25-27-29-31-33-35-37-39(3,4)38-36-34-32-30-28-26-24-22-20-18-16-14-12-10-8-6-2;/h5-38H2,1-4H3;1H/q+1;. The van der Waals surface area contributed by atoms with E-state index in [9.17, 15) is 0 Å². The first-order valence-corrected chi connectivity index (χ1v) is 18.9. The summed E-state index contributed by atoms with van der Waals surface area (Å²) in [5, 5.41) is 0. The van der Waals surface area contributed by atoms with E-state index < -0.39 is 0 Å². The summed E-state index contributed by atoms with van der Waals surface area (Å²) in [6, 6.07) is 0. The van der Waals surface area contributed by atoms with E-state index in [0.29, 0.717) is 0 Å². The van der Waals surface area contributed by atoms with Crippen LogP contribution in [0.4, 0.5) is 0 Å². The van der Waals surface area contributed by atoms with Gasteiger partial charge in [0.2, 0.25) is 0 Å². The minimum absolute atomic E-state index is 0. The van der Waals surface area contributed by atoms with Crippen molar-refractivity contribution in [3.8, 4) is 0 Å². The Hall–Kier alpha value is -0.0400. The van der Waals surface area contributed by atoms with Crippen molar-refractivity contribution in [2.24, 2.45) is 0 Å². The lowest BCUT2D eigenvalue weighted by Gasteiger charge is -2.30. The maximum Gasteiger partial charge on any atom is 0.0782 e. The molecule has 0 aliphatic carbocycles. The summed E-state index contributed by atoms with van der Waals surface area (Å²) < 4.78 is 1.25. The summed E-state index contributed by atoms with van der Waals surface area (Å²) in [6.45, 7) is 7.39. The predicted molar refractivity (Wildman–Crippen MR) is 183 cm³/mol. The molecule has 39 heavy (non-hydrogen) atoms. The molecule has 238 valence electrons. The van der Waals surface area contributed by atoms with Gasteiger partial charge < -0.3 is 4.48 Å². The lowest BCUT2D eigenvalue weighted by Crippen LogP contribution is -2.41. The summed E-state index contributed by atoms with van der Waals surface area (Å²) in [5.74, 6) is 0. The van der Waals surface area contributed by atoms with Crippen molar-refractivity contribution in [2.45, 2.75) is 219 Å².